The SMILES string of the molecule is CCCC(C)CNC(C)CSC. The maximum atomic E-state index is 3.55. The molecule has 0 aromatic carbocycles. The second-order valence-corrected chi connectivity index (χ2v) is 4.57. The van der Waals surface area contributed by atoms with Gasteiger partial charge in [0, 0.05) is 11.8 Å². The summed E-state index contributed by atoms with van der Waals surface area (Å²) in [4.78, 5) is 0. The molecule has 2 unspecified atom stereocenters. The van der Waals surface area contributed by atoms with Crippen molar-refractivity contribution in [3.05, 3.63) is 0 Å². The van der Waals surface area contributed by atoms with Gasteiger partial charge in [0.25, 0.3) is 0 Å². The van der Waals surface area contributed by atoms with Crippen molar-refractivity contribution < 1.29 is 0 Å². The molecule has 0 bridgehead atoms. The number of nitrogens with one attached hydrogen (secondary N) is 1. The highest BCUT2D eigenvalue weighted by atomic mass is 32.2. The molecular formula is C10H23NS. The third kappa shape index (κ3) is 6.99. The molecular weight excluding hydrogens is 166 g/mol. The van der Waals surface area contributed by atoms with Crippen LogP contribution in [-0.2, 0) is 0 Å². The Labute approximate surface area is 81.7 Å². The lowest BCUT2D eigenvalue weighted by atomic mass is 10.1. The maximum Gasteiger partial charge on any atom is 0.0129 e. The normalized spacial score (nSPS) is 16.0. The van der Waals surface area contributed by atoms with Gasteiger partial charge in [-0.05, 0) is 32.1 Å². The molecule has 1 nitrogen and oxygen atoms in total. The molecule has 0 radical (unpaired) electrons. The topological polar surface area (TPSA) is 12.0 Å². The Morgan fingerprint density at radius 1 is 1.33 bits per heavy atom. The van der Waals surface area contributed by atoms with Gasteiger partial charge in [-0.15, -0.1) is 0 Å². The molecule has 0 aromatic rings. The van der Waals surface area contributed by atoms with Crippen LogP contribution in [0.2, 0.25) is 0 Å². The zero-order chi connectivity index (χ0) is 9.40. The largest absolute Gasteiger partial charge is 0.313 e. The minimum atomic E-state index is 0.666. The van der Waals surface area contributed by atoms with Crippen LogP contribution < -0.4 is 5.32 Å². The second kappa shape index (κ2) is 7.93. The molecule has 0 aliphatic heterocycles. The predicted octanol–water partition coefficient (Wildman–Crippen LogP) is 2.76. The van der Waals surface area contributed by atoms with Gasteiger partial charge in [0.2, 0.25) is 0 Å². The third-order valence-corrected chi connectivity index (χ3v) is 2.85. The van der Waals surface area contributed by atoms with Crippen LogP contribution in [0.1, 0.15) is 33.6 Å². The van der Waals surface area contributed by atoms with Gasteiger partial charge in [-0.3, -0.25) is 0 Å². The molecule has 0 amide bonds. The quantitative estimate of drug-likeness (QED) is 0.661. The van der Waals surface area contributed by atoms with Crippen molar-refractivity contribution in [3.8, 4) is 0 Å². The van der Waals surface area contributed by atoms with Crippen LogP contribution in [0.25, 0.3) is 0 Å². The number of thioether (sulfide) groups is 1. The van der Waals surface area contributed by atoms with Crippen molar-refractivity contribution in [1.82, 2.24) is 5.32 Å². The van der Waals surface area contributed by atoms with Gasteiger partial charge in [0.05, 0.1) is 0 Å². The predicted molar refractivity (Wildman–Crippen MR) is 59.9 cm³/mol. The summed E-state index contributed by atoms with van der Waals surface area (Å²) in [5.74, 6) is 2.05. The van der Waals surface area contributed by atoms with E-state index in [1.54, 1.807) is 0 Å². The molecule has 0 rings (SSSR count). The Morgan fingerprint density at radius 3 is 2.50 bits per heavy atom. The monoisotopic (exact) mass is 189 g/mol. The first-order valence-corrected chi connectivity index (χ1v) is 6.32. The minimum Gasteiger partial charge on any atom is -0.313 e. The van der Waals surface area contributed by atoms with E-state index in [1.165, 1.54) is 25.1 Å². The number of hydrogen-bond acceptors (Lipinski definition) is 2. The van der Waals surface area contributed by atoms with Gasteiger partial charge in [-0.2, -0.15) is 11.8 Å². The van der Waals surface area contributed by atoms with E-state index >= 15 is 0 Å². The summed E-state index contributed by atoms with van der Waals surface area (Å²) in [5, 5.41) is 3.55. The van der Waals surface area contributed by atoms with E-state index < -0.39 is 0 Å². The molecule has 0 saturated heterocycles. The van der Waals surface area contributed by atoms with Crippen LogP contribution >= 0.6 is 11.8 Å². The first-order valence-electron chi connectivity index (χ1n) is 4.93. The summed E-state index contributed by atoms with van der Waals surface area (Å²) in [6.07, 6.45) is 4.81. The van der Waals surface area contributed by atoms with E-state index in [1.807, 2.05) is 11.8 Å². The van der Waals surface area contributed by atoms with E-state index in [2.05, 4.69) is 32.3 Å². The van der Waals surface area contributed by atoms with E-state index in [-0.39, 0.29) is 0 Å². The van der Waals surface area contributed by atoms with E-state index in [0.717, 1.165) is 5.92 Å². The third-order valence-electron chi connectivity index (χ3n) is 2.01. The van der Waals surface area contributed by atoms with Crippen LogP contribution in [0.4, 0.5) is 0 Å². The van der Waals surface area contributed by atoms with Crippen LogP contribution in [0.5, 0.6) is 0 Å². The highest BCUT2D eigenvalue weighted by Crippen LogP contribution is 2.04. The van der Waals surface area contributed by atoms with E-state index in [0.29, 0.717) is 6.04 Å². The van der Waals surface area contributed by atoms with Gasteiger partial charge < -0.3 is 5.32 Å². The second-order valence-electron chi connectivity index (χ2n) is 3.66. The Morgan fingerprint density at radius 2 is 2.00 bits per heavy atom. The molecule has 0 aliphatic carbocycles. The van der Waals surface area contributed by atoms with Crippen LogP contribution in [0.3, 0.4) is 0 Å². The molecule has 1 N–H and O–H groups in total. The van der Waals surface area contributed by atoms with Crippen molar-refractivity contribution in [2.75, 3.05) is 18.6 Å². The Kier molecular flexibility index (Phi) is 8.14. The van der Waals surface area contributed by atoms with Gasteiger partial charge in [-0.25, -0.2) is 0 Å². The zero-order valence-electron chi connectivity index (χ0n) is 8.89. The van der Waals surface area contributed by atoms with Crippen LogP contribution in [-0.4, -0.2) is 24.6 Å². The average Bonchev–Trinajstić information content (AvgIpc) is 2.02. The molecule has 0 heterocycles. The summed E-state index contributed by atoms with van der Waals surface area (Å²) < 4.78 is 0. The lowest BCUT2D eigenvalue weighted by Gasteiger charge is -2.16. The first kappa shape index (κ1) is 12.3. The molecule has 0 aliphatic rings. The van der Waals surface area contributed by atoms with Crippen molar-refractivity contribution in [2.45, 2.75) is 39.7 Å². The fraction of sp³-hybridized carbons (Fsp3) is 1.00. The summed E-state index contributed by atoms with van der Waals surface area (Å²) in [6.45, 7) is 8.01. The zero-order valence-corrected chi connectivity index (χ0v) is 9.71. The van der Waals surface area contributed by atoms with E-state index in [4.69, 9.17) is 0 Å². The number of rotatable bonds is 7. The van der Waals surface area contributed by atoms with Gasteiger partial charge in [0.15, 0.2) is 0 Å². The molecule has 12 heavy (non-hydrogen) atoms. The maximum absolute atomic E-state index is 3.55. The summed E-state index contributed by atoms with van der Waals surface area (Å²) in [6, 6.07) is 0.666. The first-order chi connectivity index (χ1) is 5.70. The lowest BCUT2D eigenvalue weighted by molar-refractivity contribution is 0.452. The van der Waals surface area contributed by atoms with Crippen molar-refractivity contribution in [2.24, 2.45) is 5.92 Å². The van der Waals surface area contributed by atoms with Crippen LogP contribution in [0.15, 0.2) is 0 Å². The molecule has 0 saturated carbocycles. The highest BCUT2D eigenvalue weighted by molar-refractivity contribution is 7.98. The molecule has 0 spiro atoms. The summed E-state index contributed by atoms with van der Waals surface area (Å²) in [7, 11) is 0. The van der Waals surface area contributed by atoms with Crippen molar-refractivity contribution in [1.29, 1.82) is 0 Å². The Balaban J connectivity index is 3.27. The summed E-state index contributed by atoms with van der Waals surface area (Å²) in [5.41, 5.74) is 0. The van der Waals surface area contributed by atoms with E-state index in [9.17, 15) is 0 Å². The smallest absolute Gasteiger partial charge is 0.0129 e. The molecule has 0 aromatic heterocycles. The van der Waals surface area contributed by atoms with Gasteiger partial charge in [0.1, 0.15) is 0 Å². The lowest BCUT2D eigenvalue weighted by Crippen LogP contribution is -2.32. The molecule has 74 valence electrons. The van der Waals surface area contributed by atoms with Gasteiger partial charge in [-0.1, -0.05) is 20.3 Å². The molecule has 2 atom stereocenters. The molecule has 2 heteroatoms. The standard InChI is InChI=1S/C10H23NS/c1-5-6-9(2)7-11-10(3)8-12-4/h9-11H,5-8H2,1-4H3. The average molecular weight is 189 g/mol. The van der Waals surface area contributed by atoms with Gasteiger partial charge >= 0.3 is 0 Å². The Bertz CT molecular complexity index is 83.8. The number of hydrogen-bond donors (Lipinski definition) is 1. The fourth-order valence-corrected chi connectivity index (χ4v) is 1.92. The van der Waals surface area contributed by atoms with Crippen molar-refractivity contribution in [3.63, 3.8) is 0 Å². The van der Waals surface area contributed by atoms with Crippen molar-refractivity contribution >= 4 is 11.8 Å². The fourth-order valence-electron chi connectivity index (χ4n) is 1.31. The summed E-state index contributed by atoms with van der Waals surface area (Å²) >= 11 is 1.91. The molecule has 0 fully saturated rings. The highest BCUT2D eigenvalue weighted by Gasteiger charge is 2.03. The van der Waals surface area contributed by atoms with Crippen LogP contribution in [0, 0.1) is 5.92 Å². The minimum absolute atomic E-state index is 0.666. The Hall–Kier alpha value is 0.310.